The number of tetrazole rings is 1. The average molecular weight is 256 g/mol. The number of nitrogens with zero attached hydrogens (tertiary/aromatic N) is 4. The van der Waals surface area contributed by atoms with Crippen molar-refractivity contribution in [2.24, 2.45) is 0 Å². The van der Waals surface area contributed by atoms with E-state index in [1.165, 1.54) is 23.1 Å². The topological polar surface area (TPSA) is 72.7 Å². The molecule has 2 rings (SSSR count). The molecule has 17 heavy (non-hydrogen) atoms. The third-order valence-corrected chi connectivity index (χ3v) is 2.14. The second-order valence-corrected chi connectivity index (χ2v) is 3.62. The number of hydrogen-bond acceptors (Lipinski definition) is 4. The first-order valence-corrected chi connectivity index (χ1v) is 4.98. The number of anilines is 1. The quantitative estimate of drug-likeness (QED) is 0.892. The number of halogens is 2. The first kappa shape index (κ1) is 11.5. The van der Waals surface area contributed by atoms with Crippen molar-refractivity contribution in [3.63, 3.8) is 0 Å². The zero-order valence-corrected chi connectivity index (χ0v) is 9.23. The van der Waals surface area contributed by atoms with E-state index in [2.05, 4.69) is 20.8 Å². The molecular weight excluding hydrogens is 249 g/mol. The van der Waals surface area contributed by atoms with Crippen LogP contribution in [0.5, 0.6) is 0 Å². The maximum atomic E-state index is 13.3. The molecule has 0 atom stereocenters. The van der Waals surface area contributed by atoms with Gasteiger partial charge in [-0.3, -0.25) is 4.79 Å². The lowest BCUT2D eigenvalue weighted by Crippen LogP contribution is -2.19. The minimum Gasteiger partial charge on any atom is -0.322 e. The van der Waals surface area contributed by atoms with Gasteiger partial charge in [0.05, 0.1) is 5.69 Å². The lowest BCUT2D eigenvalue weighted by atomic mass is 10.3. The number of rotatable bonds is 3. The predicted octanol–water partition coefficient (Wildman–Crippen LogP) is 1.10. The zero-order chi connectivity index (χ0) is 12.3. The maximum absolute atomic E-state index is 13.3. The van der Waals surface area contributed by atoms with Crippen LogP contribution in [0.2, 0.25) is 5.02 Å². The first-order valence-electron chi connectivity index (χ1n) is 4.61. The van der Waals surface area contributed by atoms with Gasteiger partial charge in [0.2, 0.25) is 5.91 Å². The second-order valence-electron chi connectivity index (χ2n) is 3.18. The fraction of sp³-hybridized carbons (Fsp3) is 0.111. The van der Waals surface area contributed by atoms with Gasteiger partial charge in [0.15, 0.2) is 0 Å². The number of carbonyl (C=O) groups is 1. The molecule has 1 aromatic heterocycles. The summed E-state index contributed by atoms with van der Waals surface area (Å²) in [6.07, 6.45) is 1.29. The largest absolute Gasteiger partial charge is 0.322 e. The highest BCUT2D eigenvalue weighted by Gasteiger charge is 2.08. The van der Waals surface area contributed by atoms with E-state index in [0.717, 1.165) is 6.07 Å². The molecule has 0 bridgehead atoms. The number of hydrogen-bond donors (Lipinski definition) is 1. The number of amides is 1. The summed E-state index contributed by atoms with van der Waals surface area (Å²) in [5, 5.41) is 12.9. The normalized spacial score (nSPS) is 10.2. The van der Waals surface area contributed by atoms with Crippen LogP contribution in [0.15, 0.2) is 24.5 Å². The zero-order valence-electron chi connectivity index (χ0n) is 8.47. The van der Waals surface area contributed by atoms with Gasteiger partial charge in [-0.2, -0.15) is 0 Å². The van der Waals surface area contributed by atoms with Crippen LogP contribution >= 0.6 is 11.6 Å². The van der Waals surface area contributed by atoms with Crippen LogP contribution in [0.1, 0.15) is 0 Å². The summed E-state index contributed by atoms with van der Waals surface area (Å²) in [7, 11) is 0. The van der Waals surface area contributed by atoms with Gasteiger partial charge in [0.25, 0.3) is 0 Å². The Morgan fingerprint density at radius 1 is 1.53 bits per heavy atom. The van der Waals surface area contributed by atoms with Crippen LogP contribution < -0.4 is 5.32 Å². The molecule has 1 heterocycles. The lowest BCUT2D eigenvalue weighted by Gasteiger charge is -2.05. The van der Waals surface area contributed by atoms with Crippen molar-refractivity contribution >= 4 is 23.2 Å². The van der Waals surface area contributed by atoms with Gasteiger partial charge < -0.3 is 5.32 Å². The standard InChI is InChI=1S/C9H7ClFN5O/c10-6-1-2-8(7(11)3-6)13-9(17)4-16-5-12-14-15-16/h1-3,5H,4H2,(H,13,17). The molecule has 88 valence electrons. The first-order chi connectivity index (χ1) is 8.15. The van der Waals surface area contributed by atoms with E-state index in [-0.39, 0.29) is 17.3 Å². The van der Waals surface area contributed by atoms with Crippen molar-refractivity contribution in [2.75, 3.05) is 5.32 Å². The molecule has 0 fully saturated rings. The van der Waals surface area contributed by atoms with E-state index in [9.17, 15) is 9.18 Å². The molecule has 6 nitrogen and oxygen atoms in total. The van der Waals surface area contributed by atoms with Crippen molar-refractivity contribution < 1.29 is 9.18 Å². The Morgan fingerprint density at radius 2 is 2.35 bits per heavy atom. The smallest absolute Gasteiger partial charge is 0.246 e. The molecule has 0 aliphatic carbocycles. The molecule has 0 aliphatic rings. The van der Waals surface area contributed by atoms with Gasteiger partial charge in [-0.1, -0.05) is 11.6 Å². The van der Waals surface area contributed by atoms with Crippen molar-refractivity contribution in [2.45, 2.75) is 6.54 Å². The number of nitrogens with one attached hydrogen (secondary N) is 1. The van der Waals surface area contributed by atoms with Crippen molar-refractivity contribution in [1.29, 1.82) is 0 Å². The number of aromatic nitrogens is 4. The molecule has 8 heteroatoms. The third-order valence-electron chi connectivity index (χ3n) is 1.90. The maximum Gasteiger partial charge on any atom is 0.246 e. The predicted molar refractivity (Wildman–Crippen MR) is 57.9 cm³/mol. The van der Waals surface area contributed by atoms with Crippen LogP contribution in [0.25, 0.3) is 0 Å². The van der Waals surface area contributed by atoms with E-state index in [4.69, 9.17) is 11.6 Å². The van der Waals surface area contributed by atoms with Gasteiger partial charge in [0.1, 0.15) is 18.7 Å². The van der Waals surface area contributed by atoms with Crippen LogP contribution in [0.3, 0.4) is 0 Å². The summed E-state index contributed by atoms with van der Waals surface area (Å²) >= 11 is 5.59. The van der Waals surface area contributed by atoms with Crippen LogP contribution in [0.4, 0.5) is 10.1 Å². The Hall–Kier alpha value is -2.02. The van der Waals surface area contributed by atoms with Gasteiger partial charge in [0, 0.05) is 5.02 Å². The summed E-state index contributed by atoms with van der Waals surface area (Å²) in [4.78, 5) is 11.5. The van der Waals surface area contributed by atoms with Gasteiger partial charge >= 0.3 is 0 Å². The Bertz CT molecular complexity index is 530. The minimum absolute atomic E-state index is 0.0625. The molecule has 0 saturated heterocycles. The molecule has 0 radical (unpaired) electrons. The fourth-order valence-electron chi connectivity index (χ4n) is 1.18. The molecule has 0 unspecified atom stereocenters. The summed E-state index contributed by atoms with van der Waals surface area (Å²) in [6.45, 7) is -0.0882. The fourth-order valence-corrected chi connectivity index (χ4v) is 1.34. The highest BCUT2D eigenvalue weighted by Crippen LogP contribution is 2.18. The van der Waals surface area contributed by atoms with Crippen LogP contribution in [-0.2, 0) is 11.3 Å². The Labute approximate surface area is 100 Å². The molecular formula is C9H7ClFN5O. The Balaban J connectivity index is 2.03. The van der Waals surface area contributed by atoms with E-state index in [1.807, 2.05) is 0 Å². The number of carbonyl (C=O) groups excluding carboxylic acids is 1. The average Bonchev–Trinajstić information content (AvgIpc) is 2.75. The van der Waals surface area contributed by atoms with Gasteiger partial charge in [-0.05, 0) is 28.6 Å². The Morgan fingerprint density at radius 3 is 3.00 bits per heavy atom. The summed E-state index contributed by atoms with van der Waals surface area (Å²) in [5.41, 5.74) is 0.0625. The molecule has 1 aromatic carbocycles. The Kier molecular flexibility index (Phi) is 3.29. The summed E-state index contributed by atoms with van der Waals surface area (Å²) in [5.74, 6) is -1.03. The molecule has 0 spiro atoms. The molecule has 0 aliphatic heterocycles. The highest BCUT2D eigenvalue weighted by atomic mass is 35.5. The minimum atomic E-state index is -0.595. The molecule has 1 amide bonds. The molecule has 0 saturated carbocycles. The van der Waals surface area contributed by atoms with Crippen molar-refractivity contribution in [3.05, 3.63) is 35.4 Å². The summed E-state index contributed by atoms with van der Waals surface area (Å²) < 4.78 is 14.6. The van der Waals surface area contributed by atoms with Crippen molar-refractivity contribution in [1.82, 2.24) is 20.2 Å². The highest BCUT2D eigenvalue weighted by molar-refractivity contribution is 6.30. The van der Waals surface area contributed by atoms with Crippen molar-refractivity contribution in [3.8, 4) is 0 Å². The van der Waals surface area contributed by atoms with E-state index >= 15 is 0 Å². The molecule has 1 N–H and O–H groups in total. The van der Waals surface area contributed by atoms with E-state index in [1.54, 1.807) is 0 Å². The van der Waals surface area contributed by atoms with Gasteiger partial charge in [-0.15, -0.1) is 5.10 Å². The van der Waals surface area contributed by atoms with E-state index in [0.29, 0.717) is 0 Å². The van der Waals surface area contributed by atoms with Crippen LogP contribution in [0, 0.1) is 5.82 Å². The summed E-state index contributed by atoms with van der Waals surface area (Å²) in [6, 6.07) is 3.99. The monoisotopic (exact) mass is 255 g/mol. The molecule has 2 aromatic rings. The third kappa shape index (κ3) is 2.97. The van der Waals surface area contributed by atoms with Crippen LogP contribution in [-0.4, -0.2) is 26.1 Å². The second kappa shape index (κ2) is 4.88. The lowest BCUT2D eigenvalue weighted by molar-refractivity contribution is -0.116. The number of benzene rings is 1. The van der Waals surface area contributed by atoms with E-state index < -0.39 is 11.7 Å². The SMILES string of the molecule is O=C(Cn1cnnn1)Nc1ccc(Cl)cc1F. The van der Waals surface area contributed by atoms with Gasteiger partial charge in [-0.25, -0.2) is 9.07 Å².